The second kappa shape index (κ2) is 10.6. The van der Waals surface area contributed by atoms with Crippen LogP contribution in [-0.2, 0) is 17.9 Å². The van der Waals surface area contributed by atoms with Gasteiger partial charge in [-0.3, -0.25) is 9.79 Å². The van der Waals surface area contributed by atoms with Gasteiger partial charge >= 0.3 is 6.61 Å². The molecule has 166 valence electrons. The zero-order chi connectivity index (χ0) is 22.2. The Bertz CT molecular complexity index is 919. The van der Waals surface area contributed by atoms with E-state index in [-0.39, 0.29) is 18.2 Å². The molecule has 2 aromatic carbocycles. The third-order valence-corrected chi connectivity index (χ3v) is 4.94. The molecule has 1 aliphatic rings. The lowest BCUT2D eigenvalue weighted by Gasteiger charge is -2.17. The van der Waals surface area contributed by atoms with E-state index in [4.69, 9.17) is 4.74 Å². The van der Waals surface area contributed by atoms with Gasteiger partial charge in [0.25, 0.3) is 0 Å². The largest absolute Gasteiger partial charge is 0.497 e. The number of nitrogens with zero attached hydrogens (tertiary/aromatic N) is 2. The van der Waals surface area contributed by atoms with Crippen molar-refractivity contribution in [1.29, 1.82) is 0 Å². The van der Waals surface area contributed by atoms with E-state index < -0.39 is 6.61 Å². The minimum atomic E-state index is -2.93. The fourth-order valence-electron chi connectivity index (χ4n) is 3.31. The highest BCUT2D eigenvalue weighted by Gasteiger charge is 2.21. The van der Waals surface area contributed by atoms with Crippen LogP contribution in [0.4, 0.5) is 14.5 Å². The van der Waals surface area contributed by atoms with E-state index in [0.717, 1.165) is 24.2 Å². The summed E-state index contributed by atoms with van der Waals surface area (Å²) in [5.74, 6) is 1.15. The molecular weight excluding hydrogens is 406 g/mol. The molecule has 0 unspecified atom stereocenters. The van der Waals surface area contributed by atoms with Gasteiger partial charge in [0.2, 0.25) is 5.91 Å². The van der Waals surface area contributed by atoms with Crippen LogP contribution in [0.15, 0.2) is 47.5 Å². The first-order valence-corrected chi connectivity index (χ1v) is 9.95. The summed E-state index contributed by atoms with van der Waals surface area (Å²) < 4.78 is 35.1. The topological polar surface area (TPSA) is 75.2 Å². The predicted molar refractivity (Wildman–Crippen MR) is 115 cm³/mol. The van der Waals surface area contributed by atoms with Gasteiger partial charge in [-0.1, -0.05) is 12.1 Å². The standard InChI is InChI=1S/C22H26F2N4O3/c1-25-22(27-14-16-7-10-18(30-2)12-19(16)31-21(23)24)26-13-15-5-8-17(9-6-15)28-11-3-4-20(28)29/h5-10,12,21H,3-4,11,13-14H2,1-2H3,(H2,25,26,27). The van der Waals surface area contributed by atoms with Gasteiger partial charge < -0.3 is 25.0 Å². The fraction of sp³-hybridized carbons (Fsp3) is 0.364. The van der Waals surface area contributed by atoms with Gasteiger partial charge in [-0.2, -0.15) is 8.78 Å². The van der Waals surface area contributed by atoms with Crippen molar-refractivity contribution in [3.8, 4) is 11.5 Å². The number of rotatable bonds is 8. The van der Waals surface area contributed by atoms with Gasteiger partial charge in [0.05, 0.1) is 7.11 Å². The minimum absolute atomic E-state index is 0.0457. The monoisotopic (exact) mass is 432 g/mol. The van der Waals surface area contributed by atoms with E-state index in [0.29, 0.717) is 30.2 Å². The Morgan fingerprint density at radius 1 is 1.16 bits per heavy atom. The second-order valence-corrected chi connectivity index (χ2v) is 6.95. The van der Waals surface area contributed by atoms with Crippen molar-refractivity contribution in [3.63, 3.8) is 0 Å². The zero-order valence-electron chi connectivity index (χ0n) is 17.5. The maximum absolute atomic E-state index is 12.7. The van der Waals surface area contributed by atoms with E-state index >= 15 is 0 Å². The molecule has 31 heavy (non-hydrogen) atoms. The van der Waals surface area contributed by atoms with Crippen LogP contribution in [0.25, 0.3) is 0 Å². The number of anilines is 1. The van der Waals surface area contributed by atoms with E-state index in [9.17, 15) is 13.6 Å². The Kier molecular flexibility index (Phi) is 7.64. The number of carbonyl (C=O) groups is 1. The molecule has 1 heterocycles. The van der Waals surface area contributed by atoms with E-state index in [1.165, 1.54) is 13.2 Å². The number of halogens is 2. The molecular formula is C22H26F2N4O3. The van der Waals surface area contributed by atoms with Crippen molar-refractivity contribution in [2.45, 2.75) is 32.5 Å². The SMILES string of the molecule is CN=C(NCc1ccc(N2CCCC2=O)cc1)NCc1ccc(OC)cc1OC(F)F. The number of methoxy groups -OCH3 is 1. The first-order valence-electron chi connectivity index (χ1n) is 9.95. The van der Waals surface area contributed by atoms with Crippen LogP contribution in [0.5, 0.6) is 11.5 Å². The van der Waals surface area contributed by atoms with Crippen LogP contribution in [0.2, 0.25) is 0 Å². The van der Waals surface area contributed by atoms with Crippen LogP contribution in [-0.4, -0.2) is 39.2 Å². The van der Waals surface area contributed by atoms with Crippen LogP contribution >= 0.6 is 0 Å². The molecule has 1 aliphatic heterocycles. The van der Waals surface area contributed by atoms with Crippen LogP contribution in [0.3, 0.4) is 0 Å². The maximum atomic E-state index is 12.7. The van der Waals surface area contributed by atoms with Crippen molar-refractivity contribution in [2.75, 3.05) is 25.6 Å². The summed E-state index contributed by atoms with van der Waals surface area (Å²) in [6.07, 6.45) is 1.49. The first kappa shape index (κ1) is 22.3. The third-order valence-electron chi connectivity index (χ3n) is 4.94. The molecule has 3 rings (SSSR count). The Balaban J connectivity index is 1.56. The molecule has 1 fully saturated rings. The molecule has 0 aromatic heterocycles. The number of nitrogens with one attached hydrogen (secondary N) is 2. The molecule has 9 heteroatoms. The van der Waals surface area contributed by atoms with Crippen molar-refractivity contribution < 1.29 is 23.0 Å². The lowest BCUT2D eigenvalue weighted by atomic mass is 10.2. The van der Waals surface area contributed by atoms with Gasteiger partial charge in [-0.05, 0) is 36.2 Å². The van der Waals surface area contributed by atoms with Crippen molar-refractivity contribution in [2.24, 2.45) is 4.99 Å². The highest BCUT2D eigenvalue weighted by Crippen LogP contribution is 2.26. The molecule has 1 saturated heterocycles. The number of benzene rings is 2. The van der Waals surface area contributed by atoms with Crippen LogP contribution in [0, 0.1) is 0 Å². The Morgan fingerprint density at radius 3 is 2.52 bits per heavy atom. The highest BCUT2D eigenvalue weighted by atomic mass is 19.3. The van der Waals surface area contributed by atoms with Gasteiger partial charge in [-0.15, -0.1) is 0 Å². The van der Waals surface area contributed by atoms with Crippen molar-refractivity contribution >= 4 is 17.6 Å². The van der Waals surface area contributed by atoms with Crippen LogP contribution < -0.4 is 25.0 Å². The second-order valence-electron chi connectivity index (χ2n) is 6.95. The normalized spacial score (nSPS) is 14.2. The smallest absolute Gasteiger partial charge is 0.387 e. The van der Waals surface area contributed by atoms with Crippen molar-refractivity contribution in [1.82, 2.24) is 10.6 Å². The zero-order valence-corrected chi connectivity index (χ0v) is 17.5. The third kappa shape index (κ3) is 6.07. The average molecular weight is 432 g/mol. The summed E-state index contributed by atoms with van der Waals surface area (Å²) in [4.78, 5) is 17.8. The van der Waals surface area contributed by atoms with Gasteiger partial charge in [0.1, 0.15) is 11.5 Å². The van der Waals surface area contributed by atoms with Gasteiger partial charge in [0, 0.05) is 50.4 Å². The van der Waals surface area contributed by atoms with Gasteiger partial charge in [-0.25, -0.2) is 0 Å². The first-order chi connectivity index (χ1) is 15.0. The number of ether oxygens (including phenoxy) is 2. The predicted octanol–water partition coefficient (Wildman–Crippen LogP) is 3.29. The Hall–Kier alpha value is -3.36. The molecule has 0 saturated carbocycles. The molecule has 1 amide bonds. The molecule has 0 aliphatic carbocycles. The molecule has 2 N–H and O–H groups in total. The molecule has 0 radical (unpaired) electrons. The van der Waals surface area contributed by atoms with E-state index in [1.54, 1.807) is 24.1 Å². The number of carbonyl (C=O) groups excluding carboxylic acids is 1. The Morgan fingerprint density at radius 2 is 1.90 bits per heavy atom. The quantitative estimate of drug-likeness (QED) is 0.495. The minimum Gasteiger partial charge on any atom is -0.497 e. The summed E-state index contributed by atoms with van der Waals surface area (Å²) in [6.45, 7) is -1.42. The molecule has 0 atom stereocenters. The summed E-state index contributed by atoms with van der Waals surface area (Å²) >= 11 is 0. The molecule has 2 aromatic rings. The molecule has 7 nitrogen and oxygen atoms in total. The summed E-state index contributed by atoms with van der Waals surface area (Å²) in [5.41, 5.74) is 2.47. The lowest BCUT2D eigenvalue weighted by molar-refractivity contribution is -0.117. The number of amides is 1. The number of hydrogen-bond acceptors (Lipinski definition) is 4. The highest BCUT2D eigenvalue weighted by molar-refractivity contribution is 5.95. The van der Waals surface area contributed by atoms with Crippen LogP contribution in [0.1, 0.15) is 24.0 Å². The number of alkyl halides is 2. The Labute approximate surface area is 180 Å². The summed E-state index contributed by atoms with van der Waals surface area (Å²) in [7, 11) is 3.09. The fourth-order valence-corrected chi connectivity index (χ4v) is 3.31. The summed E-state index contributed by atoms with van der Waals surface area (Å²) in [6, 6.07) is 12.5. The molecule has 0 bridgehead atoms. The number of guanidine groups is 1. The maximum Gasteiger partial charge on any atom is 0.387 e. The number of hydrogen-bond donors (Lipinski definition) is 2. The molecule has 0 spiro atoms. The average Bonchev–Trinajstić information content (AvgIpc) is 3.20. The van der Waals surface area contributed by atoms with Gasteiger partial charge in [0.15, 0.2) is 5.96 Å². The summed E-state index contributed by atoms with van der Waals surface area (Å²) in [5, 5.41) is 6.27. The van der Waals surface area contributed by atoms with E-state index in [2.05, 4.69) is 20.4 Å². The number of aliphatic imine (C=N–C) groups is 1. The van der Waals surface area contributed by atoms with Crippen molar-refractivity contribution in [3.05, 3.63) is 53.6 Å². The van der Waals surface area contributed by atoms with E-state index in [1.807, 2.05) is 24.3 Å². The lowest BCUT2D eigenvalue weighted by Crippen LogP contribution is -2.36.